The second kappa shape index (κ2) is 9.06. The quantitative estimate of drug-likeness (QED) is 0.420. The Bertz CT molecular complexity index is 1000. The third-order valence-corrected chi connectivity index (χ3v) is 5.57. The number of nitrogens with two attached hydrogens (primary N) is 1. The van der Waals surface area contributed by atoms with Crippen molar-refractivity contribution in [3.8, 4) is 0 Å². The molecule has 2 aromatic rings. The third kappa shape index (κ3) is 5.55. The average Bonchev–Trinajstić information content (AvgIpc) is 2.69. The summed E-state index contributed by atoms with van der Waals surface area (Å²) in [5.41, 5.74) is 2.82. The van der Waals surface area contributed by atoms with Crippen LogP contribution >= 0.6 is 0 Å². The Morgan fingerprint density at radius 1 is 1.17 bits per heavy atom. The number of hydrogen-bond donors (Lipinski definition) is 4. The minimum absolute atomic E-state index is 0.00684. The van der Waals surface area contributed by atoms with Gasteiger partial charge in [0.05, 0.1) is 11.4 Å². The lowest BCUT2D eigenvalue weighted by molar-refractivity contribution is -0.116. The van der Waals surface area contributed by atoms with Gasteiger partial charge in [0.2, 0.25) is 15.9 Å². The number of para-hydroxylation sites is 1. The summed E-state index contributed by atoms with van der Waals surface area (Å²) in [6.45, 7) is 3.61. The topological polar surface area (TPSA) is 126 Å². The van der Waals surface area contributed by atoms with Gasteiger partial charge in [-0.2, -0.15) is 0 Å². The predicted molar refractivity (Wildman–Crippen MR) is 113 cm³/mol. The van der Waals surface area contributed by atoms with Crippen molar-refractivity contribution in [2.45, 2.75) is 30.7 Å². The maximum Gasteiger partial charge on any atom is 0.238 e. The van der Waals surface area contributed by atoms with Crippen LogP contribution in [0, 0.1) is 0 Å². The highest BCUT2D eigenvalue weighted by Crippen LogP contribution is 2.31. The van der Waals surface area contributed by atoms with Crippen LogP contribution in [0.2, 0.25) is 0 Å². The molecule has 29 heavy (non-hydrogen) atoms. The van der Waals surface area contributed by atoms with Gasteiger partial charge in [-0.15, -0.1) is 0 Å². The van der Waals surface area contributed by atoms with E-state index in [2.05, 4.69) is 20.9 Å². The molecule has 1 aliphatic heterocycles. The number of aliphatic imine (C=N–C) groups is 1. The monoisotopic (exact) mass is 415 g/mol. The van der Waals surface area contributed by atoms with Crippen LogP contribution in [0.1, 0.15) is 30.4 Å². The molecule has 1 heterocycles. The van der Waals surface area contributed by atoms with Crippen LogP contribution in [-0.4, -0.2) is 33.4 Å². The maximum absolute atomic E-state index is 12.0. The Morgan fingerprint density at radius 2 is 1.90 bits per heavy atom. The van der Waals surface area contributed by atoms with Gasteiger partial charge in [0.15, 0.2) is 5.96 Å². The molecule has 0 spiro atoms. The molecule has 1 amide bonds. The number of amides is 1. The summed E-state index contributed by atoms with van der Waals surface area (Å²) in [4.78, 5) is 16.6. The number of nitrogens with zero attached hydrogens (tertiary/aromatic N) is 1. The highest BCUT2D eigenvalue weighted by atomic mass is 32.2. The lowest BCUT2D eigenvalue weighted by Crippen LogP contribution is -2.40. The lowest BCUT2D eigenvalue weighted by atomic mass is 9.90. The fourth-order valence-electron chi connectivity index (χ4n) is 3.20. The highest BCUT2D eigenvalue weighted by molar-refractivity contribution is 7.89. The van der Waals surface area contributed by atoms with Gasteiger partial charge in [0.25, 0.3) is 0 Å². The summed E-state index contributed by atoms with van der Waals surface area (Å²) in [7, 11) is -3.70. The Labute approximate surface area is 170 Å². The van der Waals surface area contributed by atoms with Gasteiger partial charge in [0.1, 0.15) is 0 Å². The fourth-order valence-corrected chi connectivity index (χ4v) is 3.72. The number of guanidine groups is 1. The second-order valence-electron chi connectivity index (χ2n) is 6.80. The zero-order chi connectivity index (χ0) is 20.9. The molecule has 0 saturated carbocycles. The average molecular weight is 416 g/mol. The number of nitrogens with one attached hydrogen (secondary N) is 3. The Balaban J connectivity index is 1.66. The molecule has 2 aromatic carbocycles. The van der Waals surface area contributed by atoms with E-state index >= 15 is 0 Å². The molecule has 0 aromatic heterocycles. The van der Waals surface area contributed by atoms with E-state index in [4.69, 9.17) is 5.14 Å². The number of sulfonamides is 1. The van der Waals surface area contributed by atoms with Crippen molar-refractivity contribution in [1.29, 1.82) is 0 Å². The van der Waals surface area contributed by atoms with Crippen LogP contribution in [-0.2, 0) is 21.4 Å². The van der Waals surface area contributed by atoms with E-state index in [9.17, 15) is 13.2 Å². The van der Waals surface area contributed by atoms with Crippen molar-refractivity contribution in [2.24, 2.45) is 10.1 Å². The summed E-state index contributed by atoms with van der Waals surface area (Å²) >= 11 is 0. The van der Waals surface area contributed by atoms with Crippen LogP contribution in [0.15, 0.2) is 58.4 Å². The van der Waals surface area contributed by atoms with Gasteiger partial charge in [0, 0.05) is 31.1 Å². The number of carbonyl (C=O) groups excluding carboxylic acids is 1. The molecule has 9 heteroatoms. The number of fused-ring (bicyclic) bond motifs is 1. The summed E-state index contributed by atoms with van der Waals surface area (Å²) < 4.78 is 22.7. The van der Waals surface area contributed by atoms with Gasteiger partial charge in [-0.05, 0) is 36.2 Å². The predicted octanol–water partition coefficient (Wildman–Crippen LogP) is 1.52. The van der Waals surface area contributed by atoms with Crippen LogP contribution < -0.4 is 21.1 Å². The molecule has 5 N–H and O–H groups in total. The molecule has 154 valence electrons. The van der Waals surface area contributed by atoms with E-state index in [1.54, 1.807) is 12.1 Å². The van der Waals surface area contributed by atoms with Crippen molar-refractivity contribution in [3.05, 3.63) is 59.7 Å². The van der Waals surface area contributed by atoms with Crippen molar-refractivity contribution in [1.82, 2.24) is 10.6 Å². The SMILES string of the molecule is CCNC(=NCc1ccc(S(N)(=O)=O)cc1)NCC1CC(=O)Nc2ccccc21. The molecule has 1 aliphatic rings. The number of primary sulfonamides is 1. The molecule has 0 radical (unpaired) electrons. The molecule has 1 atom stereocenters. The Morgan fingerprint density at radius 3 is 2.59 bits per heavy atom. The van der Waals surface area contributed by atoms with Gasteiger partial charge in [-0.1, -0.05) is 30.3 Å². The molecule has 0 fully saturated rings. The molecule has 0 aliphatic carbocycles. The normalized spacial score (nSPS) is 16.7. The van der Waals surface area contributed by atoms with E-state index in [1.165, 1.54) is 12.1 Å². The molecule has 0 bridgehead atoms. The summed E-state index contributed by atoms with van der Waals surface area (Å²) in [6.07, 6.45) is 0.415. The molecule has 1 unspecified atom stereocenters. The first-order chi connectivity index (χ1) is 13.9. The standard InChI is InChI=1S/C20H25N5O3S/c1-2-22-20(23-12-14-7-9-16(10-8-14)29(21,27)28)24-13-15-11-19(26)25-18-6-4-3-5-17(15)18/h3-10,15H,2,11-13H2,1H3,(H,25,26)(H2,21,27,28)(H2,22,23,24). The van der Waals surface area contributed by atoms with E-state index in [0.717, 1.165) is 16.8 Å². The summed E-state index contributed by atoms with van der Waals surface area (Å²) in [5, 5.41) is 14.5. The van der Waals surface area contributed by atoms with Crippen molar-refractivity contribution >= 4 is 27.6 Å². The van der Waals surface area contributed by atoms with Crippen LogP contribution in [0.3, 0.4) is 0 Å². The summed E-state index contributed by atoms with van der Waals surface area (Å²) in [5.74, 6) is 0.691. The minimum Gasteiger partial charge on any atom is -0.357 e. The molecule has 8 nitrogen and oxygen atoms in total. The van der Waals surface area contributed by atoms with E-state index < -0.39 is 10.0 Å². The van der Waals surface area contributed by atoms with Crippen molar-refractivity contribution in [3.63, 3.8) is 0 Å². The number of benzene rings is 2. The van der Waals surface area contributed by atoms with Gasteiger partial charge >= 0.3 is 0 Å². The van der Waals surface area contributed by atoms with Crippen LogP contribution in [0.25, 0.3) is 0 Å². The first-order valence-corrected chi connectivity index (χ1v) is 10.9. The number of anilines is 1. The molecule has 0 saturated heterocycles. The highest BCUT2D eigenvalue weighted by Gasteiger charge is 2.24. The number of hydrogen-bond acceptors (Lipinski definition) is 4. The maximum atomic E-state index is 12.0. The van der Waals surface area contributed by atoms with Gasteiger partial charge < -0.3 is 16.0 Å². The molecule has 3 rings (SSSR count). The largest absolute Gasteiger partial charge is 0.357 e. The zero-order valence-electron chi connectivity index (χ0n) is 16.2. The smallest absolute Gasteiger partial charge is 0.238 e. The van der Waals surface area contributed by atoms with E-state index in [1.807, 2.05) is 31.2 Å². The Hall–Kier alpha value is -2.91. The third-order valence-electron chi connectivity index (χ3n) is 4.64. The second-order valence-corrected chi connectivity index (χ2v) is 8.36. The number of carbonyl (C=O) groups is 1. The van der Waals surface area contributed by atoms with Gasteiger partial charge in [-0.25, -0.2) is 18.5 Å². The van der Waals surface area contributed by atoms with Crippen molar-refractivity contribution < 1.29 is 13.2 Å². The zero-order valence-corrected chi connectivity index (χ0v) is 17.0. The lowest BCUT2D eigenvalue weighted by Gasteiger charge is -2.26. The van der Waals surface area contributed by atoms with Crippen molar-refractivity contribution in [2.75, 3.05) is 18.4 Å². The van der Waals surface area contributed by atoms with E-state index in [0.29, 0.717) is 32.0 Å². The Kier molecular flexibility index (Phi) is 6.50. The fraction of sp³-hybridized carbons (Fsp3) is 0.300. The number of rotatable bonds is 6. The molecular weight excluding hydrogens is 390 g/mol. The van der Waals surface area contributed by atoms with Crippen LogP contribution in [0.4, 0.5) is 5.69 Å². The minimum atomic E-state index is -3.70. The first kappa shape index (κ1) is 20.8. The van der Waals surface area contributed by atoms with E-state index in [-0.39, 0.29) is 16.7 Å². The molecular formula is C20H25N5O3S. The van der Waals surface area contributed by atoms with Crippen LogP contribution in [0.5, 0.6) is 0 Å². The van der Waals surface area contributed by atoms with Gasteiger partial charge in [-0.3, -0.25) is 4.79 Å². The first-order valence-electron chi connectivity index (χ1n) is 9.39. The summed E-state index contributed by atoms with van der Waals surface area (Å²) in [6, 6.07) is 14.1.